The number of pyridine rings is 1. The number of hydrogen-bond acceptors (Lipinski definition) is 8. The molecule has 1 aliphatic heterocycles. The topological polar surface area (TPSA) is 135 Å². The Kier molecular flexibility index (Phi) is 6.15. The summed E-state index contributed by atoms with van der Waals surface area (Å²) in [5, 5.41) is 13.9. The van der Waals surface area contributed by atoms with Gasteiger partial charge in [-0.05, 0) is 30.3 Å². The van der Waals surface area contributed by atoms with E-state index in [-0.39, 0.29) is 59.6 Å². The van der Waals surface area contributed by atoms with Crippen molar-refractivity contribution in [1.82, 2.24) is 14.3 Å². The van der Waals surface area contributed by atoms with Crippen LogP contribution < -0.4 is 5.32 Å². The first kappa shape index (κ1) is 23.2. The quantitative estimate of drug-likeness (QED) is 0.391. The first-order chi connectivity index (χ1) is 16.9. The molecule has 0 unspecified atom stereocenters. The average molecular weight is 515 g/mol. The van der Waals surface area contributed by atoms with E-state index in [1.165, 1.54) is 29.0 Å². The van der Waals surface area contributed by atoms with Gasteiger partial charge in [0.15, 0.2) is 0 Å². The van der Waals surface area contributed by atoms with Crippen molar-refractivity contribution in [2.75, 3.05) is 31.6 Å². The van der Waals surface area contributed by atoms with E-state index in [1.54, 1.807) is 30.3 Å². The maximum absolute atomic E-state index is 13.6. The molecule has 5 rings (SSSR count). The van der Waals surface area contributed by atoms with Crippen molar-refractivity contribution in [1.29, 1.82) is 0 Å². The van der Waals surface area contributed by atoms with Gasteiger partial charge in [0, 0.05) is 29.7 Å². The summed E-state index contributed by atoms with van der Waals surface area (Å²) >= 11 is 6.24. The highest BCUT2D eigenvalue weighted by Crippen LogP contribution is 2.37. The van der Waals surface area contributed by atoms with E-state index in [0.29, 0.717) is 15.9 Å². The molecule has 2 aromatic heterocycles. The fourth-order valence-corrected chi connectivity index (χ4v) is 5.64. The van der Waals surface area contributed by atoms with Gasteiger partial charge in [-0.1, -0.05) is 17.7 Å². The third-order valence-corrected chi connectivity index (χ3v) is 7.73. The van der Waals surface area contributed by atoms with Crippen LogP contribution in [0.15, 0.2) is 64.4 Å². The lowest BCUT2D eigenvalue weighted by Crippen LogP contribution is -2.40. The minimum atomic E-state index is -4.00. The van der Waals surface area contributed by atoms with Gasteiger partial charge in [-0.15, -0.1) is 0 Å². The van der Waals surface area contributed by atoms with Gasteiger partial charge in [-0.2, -0.15) is 4.31 Å². The molecule has 35 heavy (non-hydrogen) atoms. The monoisotopic (exact) mass is 514 g/mol. The van der Waals surface area contributed by atoms with Crippen LogP contribution >= 0.6 is 11.6 Å². The van der Waals surface area contributed by atoms with Crippen molar-refractivity contribution < 1.29 is 27.5 Å². The van der Waals surface area contributed by atoms with Crippen LogP contribution in [-0.2, 0) is 14.8 Å². The highest BCUT2D eigenvalue weighted by atomic mass is 35.5. The first-order valence-corrected chi connectivity index (χ1v) is 12.4. The van der Waals surface area contributed by atoms with Crippen molar-refractivity contribution >= 4 is 49.9 Å². The van der Waals surface area contributed by atoms with Crippen LogP contribution in [0.4, 0.5) is 11.4 Å². The summed E-state index contributed by atoms with van der Waals surface area (Å²) < 4.78 is 39.2. The summed E-state index contributed by atoms with van der Waals surface area (Å²) in [6.07, 6.45) is 4.01. The Hall–Kier alpha value is -3.51. The number of hydrogen-bond donors (Lipinski definition) is 2. The number of oxazole rings is 1. The Morgan fingerprint density at radius 3 is 2.66 bits per heavy atom. The van der Waals surface area contributed by atoms with E-state index in [4.69, 9.17) is 20.8 Å². The largest absolute Gasteiger partial charge is 0.478 e. The molecule has 4 aromatic rings. The predicted octanol–water partition coefficient (Wildman–Crippen LogP) is 4.01. The molecule has 1 aliphatic rings. The Bertz CT molecular complexity index is 1520. The molecular formula is C23H19ClN4O6S. The number of carboxylic acids is 1. The summed E-state index contributed by atoms with van der Waals surface area (Å²) in [7, 11) is -4.00. The summed E-state index contributed by atoms with van der Waals surface area (Å²) in [4.78, 5) is 20.6. The molecule has 0 radical (unpaired) electrons. The molecular weight excluding hydrogens is 496 g/mol. The molecule has 2 N–H and O–H groups in total. The smallest absolute Gasteiger partial charge is 0.338 e. The van der Waals surface area contributed by atoms with Gasteiger partial charge in [-0.3, -0.25) is 4.98 Å². The zero-order valence-electron chi connectivity index (χ0n) is 18.1. The van der Waals surface area contributed by atoms with Crippen LogP contribution in [0.5, 0.6) is 0 Å². The maximum Gasteiger partial charge on any atom is 0.338 e. The molecule has 3 heterocycles. The third kappa shape index (κ3) is 4.34. The van der Waals surface area contributed by atoms with Crippen molar-refractivity contribution in [3.63, 3.8) is 0 Å². The third-order valence-electron chi connectivity index (χ3n) is 5.58. The fourth-order valence-electron chi connectivity index (χ4n) is 3.95. The molecule has 12 heteroatoms. The van der Waals surface area contributed by atoms with E-state index in [9.17, 15) is 18.3 Å². The number of halogens is 1. The van der Waals surface area contributed by atoms with Gasteiger partial charge in [0.2, 0.25) is 15.9 Å². The van der Waals surface area contributed by atoms with Crippen LogP contribution in [0.3, 0.4) is 0 Å². The minimum absolute atomic E-state index is 0.105. The van der Waals surface area contributed by atoms with Gasteiger partial charge in [0.25, 0.3) is 0 Å². The fraction of sp³-hybridized carbons (Fsp3) is 0.174. The van der Waals surface area contributed by atoms with Crippen LogP contribution in [-0.4, -0.2) is 60.1 Å². The zero-order chi connectivity index (χ0) is 24.6. The molecule has 2 aromatic carbocycles. The van der Waals surface area contributed by atoms with E-state index in [0.717, 1.165) is 0 Å². The summed E-state index contributed by atoms with van der Waals surface area (Å²) in [6.45, 7) is 0.928. The van der Waals surface area contributed by atoms with Crippen LogP contribution in [0, 0.1) is 0 Å². The number of fused-ring (bicyclic) bond motifs is 1. The molecule has 1 saturated heterocycles. The molecule has 0 atom stereocenters. The lowest BCUT2D eigenvalue weighted by molar-refractivity contribution is 0.0698. The molecule has 1 fully saturated rings. The Balaban J connectivity index is 1.72. The van der Waals surface area contributed by atoms with Crippen molar-refractivity contribution in [2.24, 2.45) is 0 Å². The van der Waals surface area contributed by atoms with Gasteiger partial charge < -0.3 is 19.6 Å². The average Bonchev–Trinajstić information content (AvgIpc) is 3.39. The second kappa shape index (κ2) is 9.27. The van der Waals surface area contributed by atoms with E-state index >= 15 is 0 Å². The second-order valence-electron chi connectivity index (χ2n) is 7.67. The molecule has 180 valence electrons. The highest BCUT2D eigenvalue weighted by molar-refractivity contribution is 7.89. The van der Waals surface area contributed by atoms with E-state index in [2.05, 4.69) is 15.3 Å². The first-order valence-electron chi connectivity index (χ1n) is 10.6. The maximum atomic E-state index is 13.6. The van der Waals surface area contributed by atoms with Crippen LogP contribution in [0.2, 0.25) is 5.02 Å². The van der Waals surface area contributed by atoms with E-state index in [1.807, 2.05) is 0 Å². The lowest BCUT2D eigenvalue weighted by atomic mass is 10.0. The van der Waals surface area contributed by atoms with Crippen LogP contribution in [0.1, 0.15) is 10.4 Å². The number of morpholine rings is 1. The lowest BCUT2D eigenvalue weighted by Gasteiger charge is -2.27. The Morgan fingerprint density at radius 2 is 1.94 bits per heavy atom. The Labute approximate surface area is 205 Å². The number of carboxylic acid groups (broad SMARTS) is 1. The second-order valence-corrected chi connectivity index (χ2v) is 10.0. The normalized spacial score (nSPS) is 14.8. The summed E-state index contributed by atoms with van der Waals surface area (Å²) in [5.41, 5.74) is 0.909. The number of aromatic nitrogens is 2. The number of ether oxygens (including phenoxy) is 1. The number of aromatic carboxylic acids is 1. The molecule has 0 aliphatic carbocycles. The molecule has 10 nitrogen and oxygen atoms in total. The molecule has 0 saturated carbocycles. The number of carbonyl (C=O) groups is 1. The van der Waals surface area contributed by atoms with Gasteiger partial charge in [-0.25, -0.2) is 18.2 Å². The molecule has 0 bridgehead atoms. The molecule has 0 spiro atoms. The number of nitrogens with one attached hydrogen (secondary N) is 1. The van der Waals surface area contributed by atoms with Gasteiger partial charge in [0.1, 0.15) is 11.2 Å². The van der Waals surface area contributed by atoms with Crippen molar-refractivity contribution in [3.05, 3.63) is 65.6 Å². The number of sulfonamides is 1. The minimum Gasteiger partial charge on any atom is -0.478 e. The SMILES string of the molecule is O=C(O)c1c(Nc2c(S(=O)(=O)N3CCOCC3)cnc3ccc(Cl)cc23)cccc1-c1ncco1. The summed E-state index contributed by atoms with van der Waals surface area (Å²) in [5.74, 6) is -1.12. The number of anilines is 2. The van der Waals surface area contributed by atoms with Crippen molar-refractivity contribution in [2.45, 2.75) is 4.90 Å². The van der Waals surface area contributed by atoms with Crippen LogP contribution in [0.25, 0.3) is 22.4 Å². The molecule has 0 amide bonds. The number of nitrogens with zero attached hydrogens (tertiary/aromatic N) is 3. The number of rotatable bonds is 6. The summed E-state index contributed by atoms with van der Waals surface area (Å²) in [6, 6.07) is 9.62. The Morgan fingerprint density at radius 1 is 1.14 bits per heavy atom. The standard InChI is InChI=1S/C23H19ClN4O6S/c24-14-4-5-17-16(12-14)21(19(13-26-17)35(31,32)28-7-10-33-11-8-28)27-18-3-1-2-15(20(18)23(29)30)22-25-6-9-34-22/h1-6,9,12-13H,7-8,10-11H2,(H,26,27)(H,29,30). The number of benzene rings is 2. The van der Waals surface area contributed by atoms with Gasteiger partial charge >= 0.3 is 5.97 Å². The predicted molar refractivity (Wildman–Crippen MR) is 129 cm³/mol. The van der Waals surface area contributed by atoms with Crippen molar-refractivity contribution in [3.8, 4) is 11.5 Å². The van der Waals surface area contributed by atoms with E-state index < -0.39 is 16.0 Å². The zero-order valence-corrected chi connectivity index (χ0v) is 19.7. The van der Waals surface area contributed by atoms with Gasteiger partial charge in [0.05, 0.1) is 47.4 Å². The highest BCUT2D eigenvalue weighted by Gasteiger charge is 2.31.